The first-order valence-corrected chi connectivity index (χ1v) is 5.31. The molecule has 1 unspecified atom stereocenters. The molecule has 0 aromatic heterocycles. The van der Waals surface area contributed by atoms with Crippen molar-refractivity contribution in [3.05, 3.63) is 29.8 Å². The number of ether oxygens (including phenoxy) is 1. The van der Waals surface area contributed by atoms with E-state index in [1.807, 2.05) is 6.92 Å². The lowest BCUT2D eigenvalue weighted by Gasteiger charge is -2.09. The van der Waals surface area contributed by atoms with E-state index in [1.54, 1.807) is 24.3 Å². The van der Waals surface area contributed by atoms with Crippen LogP contribution in [0.4, 0.5) is 0 Å². The van der Waals surface area contributed by atoms with Crippen LogP contribution in [-0.2, 0) is 4.79 Å². The summed E-state index contributed by atoms with van der Waals surface area (Å²) in [4.78, 5) is 22.2. The van der Waals surface area contributed by atoms with Gasteiger partial charge in [0.05, 0.1) is 6.61 Å². The first-order valence-electron chi connectivity index (χ1n) is 5.31. The molecule has 0 aliphatic rings. The number of nitrogens with one attached hydrogen (secondary N) is 1. The molecule has 0 saturated heterocycles. The molecule has 0 saturated carbocycles. The summed E-state index contributed by atoms with van der Waals surface area (Å²) in [6.07, 6.45) is 0. The first kappa shape index (κ1) is 13.0. The number of aliphatic carboxylic acids is 1. The van der Waals surface area contributed by atoms with Crippen LogP contribution in [0.2, 0.25) is 0 Å². The van der Waals surface area contributed by atoms with Gasteiger partial charge >= 0.3 is 5.97 Å². The summed E-state index contributed by atoms with van der Waals surface area (Å²) in [7, 11) is 0. The Kier molecular flexibility index (Phi) is 4.51. The molecule has 0 fully saturated rings. The molecule has 0 heterocycles. The van der Waals surface area contributed by atoms with Gasteiger partial charge in [0.1, 0.15) is 11.8 Å². The molecular weight excluding hydrogens is 222 g/mol. The van der Waals surface area contributed by atoms with Crippen LogP contribution in [0.25, 0.3) is 0 Å². The summed E-state index contributed by atoms with van der Waals surface area (Å²) in [5.74, 6) is -0.803. The molecular formula is C12H15NO4. The fourth-order valence-electron chi connectivity index (χ4n) is 1.21. The van der Waals surface area contributed by atoms with Gasteiger partial charge in [0.2, 0.25) is 0 Å². The fraction of sp³-hybridized carbons (Fsp3) is 0.333. The second kappa shape index (κ2) is 5.89. The van der Waals surface area contributed by atoms with Crippen LogP contribution in [-0.4, -0.2) is 29.6 Å². The third-order valence-electron chi connectivity index (χ3n) is 2.15. The van der Waals surface area contributed by atoms with E-state index in [9.17, 15) is 9.59 Å². The Morgan fingerprint density at radius 1 is 1.35 bits per heavy atom. The molecule has 17 heavy (non-hydrogen) atoms. The number of carbonyl (C=O) groups excluding carboxylic acids is 1. The Bertz CT molecular complexity index is 399. The molecule has 0 bridgehead atoms. The highest BCUT2D eigenvalue weighted by atomic mass is 16.5. The van der Waals surface area contributed by atoms with Gasteiger partial charge in [-0.25, -0.2) is 0 Å². The van der Waals surface area contributed by atoms with Crippen molar-refractivity contribution in [3.63, 3.8) is 0 Å². The van der Waals surface area contributed by atoms with Crippen molar-refractivity contribution < 1.29 is 19.4 Å². The number of carbonyl (C=O) groups is 2. The van der Waals surface area contributed by atoms with Gasteiger partial charge in [0, 0.05) is 5.56 Å². The minimum atomic E-state index is -1.07. The zero-order chi connectivity index (χ0) is 12.8. The highest BCUT2D eigenvalue weighted by Crippen LogP contribution is 2.12. The van der Waals surface area contributed by atoms with E-state index in [1.165, 1.54) is 6.92 Å². The van der Waals surface area contributed by atoms with Crippen LogP contribution < -0.4 is 10.1 Å². The Hall–Kier alpha value is -2.04. The van der Waals surface area contributed by atoms with Crippen molar-refractivity contribution in [3.8, 4) is 5.75 Å². The summed E-state index contributed by atoms with van der Waals surface area (Å²) >= 11 is 0. The van der Waals surface area contributed by atoms with Crippen LogP contribution >= 0.6 is 0 Å². The van der Waals surface area contributed by atoms with Gasteiger partial charge in [-0.15, -0.1) is 0 Å². The lowest BCUT2D eigenvalue weighted by atomic mass is 10.2. The monoisotopic (exact) mass is 237 g/mol. The number of rotatable bonds is 5. The predicted octanol–water partition coefficient (Wildman–Crippen LogP) is 1.29. The molecule has 1 atom stereocenters. The van der Waals surface area contributed by atoms with E-state index in [2.05, 4.69) is 5.32 Å². The third kappa shape index (κ3) is 3.79. The van der Waals surface area contributed by atoms with E-state index >= 15 is 0 Å². The third-order valence-corrected chi connectivity index (χ3v) is 2.15. The number of amides is 1. The average molecular weight is 237 g/mol. The number of hydrogen-bond donors (Lipinski definition) is 2. The molecule has 5 nitrogen and oxygen atoms in total. The van der Waals surface area contributed by atoms with E-state index in [0.29, 0.717) is 17.9 Å². The molecule has 0 spiro atoms. The van der Waals surface area contributed by atoms with Gasteiger partial charge in [-0.3, -0.25) is 9.59 Å². The molecule has 1 aromatic rings. The van der Waals surface area contributed by atoms with E-state index in [-0.39, 0.29) is 0 Å². The first-order chi connectivity index (χ1) is 8.04. The molecule has 0 aliphatic carbocycles. The Balaban J connectivity index is 2.66. The van der Waals surface area contributed by atoms with E-state index in [4.69, 9.17) is 9.84 Å². The van der Waals surface area contributed by atoms with Crippen molar-refractivity contribution in [2.24, 2.45) is 0 Å². The van der Waals surface area contributed by atoms with Crippen molar-refractivity contribution >= 4 is 11.9 Å². The van der Waals surface area contributed by atoms with Gasteiger partial charge in [-0.1, -0.05) is 0 Å². The minimum absolute atomic E-state index is 0.404. The van der Waals surface area contributed by atoms with Crippen LogP contribution in [0.1, 0.15) is 24.2 Å². The second-order valence-electron chi connectivity index (χ2n) is 3.49. The Morgan fingerprint density at radius 3 is 2.41 bits per heavy atom. The van der Waals surface area contributed by atoms with Crippen molar-refractivity contribution in [1.29, 1.82) is 0 Å². The zero-order valence-corrected chi connectivity index (χ0v) is 9.77. The molecule has 92 valence electrons. The molecule has 5 heteroatoms. The highest BCUT2D eigenvalue weighted by molar-refractivity contribution is 5.96. The smallest absolute Gasteiger partial charge is 0.325 e. The fourth-order valence-corrected chi connectivity index (χ4v) is 1.21. The Labute approximate surface area is 99.4 Å². The van der Waals surface area contributed by atoms with Gasteiger partial charge in [-0.2, -0.15) is 0 Å². The maximum absolute atomic E-state index is 11.6. The molecule has 1 amide bonds. The van der Waals surface area contributed by atoms with E-state index in [0.717, 1.165) is 0 Å². The SMILES string of the molecule is CCOc1ccc(C(=O)NC(C)C(=O)O)cc1. The lowest BCUT2D eigenvalue weighted by Crippen LogP contribution is -2.38. The molecule has 1 rings (SSSR count). The van der Waals surface area contributed by atoms with Gasteiger partial charge < -0.3 is 15.2 Å². The maximum atomic E-state index is 11.6. The quantitative estimate of drug-likeness (QED) is 0.809. The summed E-state index contributed by atoms with van der Waals surface area (Å²) in [5, 5.41) is 11.0. The zero-order valence-electron chi connectivity index (χ0n) is 9.77. The second-order valence-corrected chi connectivity index (χ2v) is 3.49. The molecule has 1 aromatic carbocycles. The number of carboxylic acids is 1. The summed E-state index contributed by atoms with van der Waals surface area (Å²) in [6.45, 7) is 3.84. The van der Waals surface area contributed by atoms with E-state index < -0.39 is 17.9 Å². The van der Waals surface area contributed by atoms with Gasteiger partial charge in [-0.05, 0) is 38.1 Å². The predicted molar refractivity (Wildman–Crippen MR) is 62.2 cm³/mol. The topological polar surface area (TPSA) is 75.6 Å². The minimum Gasteiger partial charge on any atom is -0.494 e. The summed E-state index contributed by atoms with van der Waals surface area (Å²) < 4.78 is 5.23. The van der Waals surface area contributed by atoms with Crippen molar-refractivity contribution in [2.45, 2.75) is 19.9 Å². The lowest BCUT2D eigenvalue weighted by molar-refractivity contribution is -0.138. The average Bonchev–Trinajstić information content (AvgIpc) is 2.30. The summed E-state index contributed by atoms with van der Waals surface area (Å²) in [6, 6.07) is 5.62. The van der Waals surface area contributed by atoms with Crippen molar-refractivity contribution in [1.82, 2.24) is 5.32 Å². The largest absolute Gasteiger partial charge is 0.494 e. The van der Waals surface area contributed by atoms with Gasteiger partial charge in [0.15, 0.2) is 0 Å². The van der Waals surface area contributed by atoms with Crippen molar-refractivity contribution in [2.75, 3.05) is 6.61 Å². The van der Waals surface area contributed by atoms with Gasteiger partial charge in [0.25, 0.3) is 5.91 Å². The normalized spacial score (nSPS) is 11.6. The van der Waals surface area contributed by atoms with Crippen LogP contribution in [0.15, 0.2) is 24.3 Å². The maximum Gasteiger partial charge on any atom is 0.325 e. The van der Waals surface area contributed by atoms with Crippen LogP contribution in [0.5, 0.6) is 5.75 Å². The molecule has 0 radical (unpaired) electrons. The number of carboxylic acid groups (broad SMARTS) is 1. The Morgan fingerprint density at radius 2 is 1.94 bits per heavy atom. The molecule has 2 N–H and O–H groups in total. The standard InChI is InChI=1S/C12H15NO4/c1-3-17-10-6-4-9(5-7-10)11(14)13-8(2)12(15)16/h4-8H,3H2,1-2H3,(H,13,14)(H,15,16). The van der Waals surface area contributed by atoms with Crippen LogP contribution in [0, 0.1) is 0 Å². The number of benzene rings is 1. The molecule has 0 aliphatic heterocycles. The highest BCUT2D eigenvalue weighted by Gasteiger charge is 2.14. The summed E-state index contributed by atoms with van der Waals surface area (Å²) in [5.41, 5.74) is 0.404. The van der Waals surface area contributed by atoms with Crippen LogP contribution in [0.3, 0.4) is 0 Å². The number of hydrogen-bond acceptors (Lipinski definition) is 3.